The first-order valence-corrected chi connectivity index (χ1v) is 32.7. The van der Waals surface area contributed by atoms with Crippen LogP contribution in [0.2, 0.25) is 29.6 Å². The molecule has 0 fully saturated rings. The van der Waals surface area contributed by atoms with Gasteiger partial charge in [-0.25, -0.2) is 0 Å². The molecule has 2 aromatic heterocycles. The molecule has 0 N–H and O–H groups in total. The summed E-state index contributed by atoms with van der Waals surface area (Å²) in [5, 5.41) is 0. The van der Waals surface area contributed by atoms with Crippen molar-refractivity contribution in [1.29, 1.82) is 0 Å². The summed E-state index contributed by atoms with van der Waals surface area (Å²) in [4.78, 5) is 18.4. The second kappa shape index (κ2) is 7.75. The summed E-state index contributed by atoms with van der Waals surface area (Å²) in [6.07, 6.45) is 0. The third-order valence-electron chi connectivity index (χ3n) is 6.37. The van der Waals surface area contributed by atoms with Crippen LogP contribution in [0.1, 0.15) is 22.3 Å². The molecule has 1 aliphatic carbocycles. The summed E-state index contributed by atoms with van der Waals surface area (Å²) in [6, 6.07) is 27.8. The Balaban J connectivity index is 1.93. The Morgan fingerprint density at radius 3 is 1.23 bits per heavy atom. The molecule has 4 aromatic rings. The quantitative estimate of drug-likeness (QED) is 0.179. The molecule has 0 radical (unpaired) electrons. The van der Waals surface area contributed by atoms with Crippen LogP contribution in [0.3, 0.4) is 0 Å². The zero-order valence-corrected chi connectivity index (χ0v) is 26.6. The van der Waals surface area contributed by atoms with Gasteiger partial charge in [0.2, 0.25) is 0 Å². The molecule has 2 heterocycles. The third kappa shape index (κ3) is 3.51. The van der Waals surface area contributed by atoms with Crippen LogP contribution in [-0.2, 0) is 5.41 Å². The molecule has 0 spiro atoms. The number of benzene rings is 2. The van der Waals surface area contributed by atoms with Gasteiger partial charge in [-0.2, -0.15) is 0 Å². The van der Waals surface area contributed by atoms with Crippen molar-refractivity contribution in [3.05, 3.63) is 95.1 Å². The van der Waals surface area contributed by atoms with Crippen LogP contribution in [0.25, 0.3) is 9.75 Å². The van der Waals surface area contributed by atoms with Gasteiger partial charge in [0.05, 0.1) is 0 Å². The van der Waals surface area contributed by atoms with Crippen molar-refractivity contribution in [3.63, 3.8) is 0 Å². The van der Waals surface area contributed by atoms with Gasteiger partial charge < -0.3 is 0 Å². The number of rotatable bonds is 4. The van der Waals surface area contributed by atoms with Crippen LogP contribution in [0.4, 0.5) is 0 Å². The van der Waals surface area contributed by atoms with Crippen molar-refractivity contribution in [2.75, 3.05) is 0 Å². The van der Waals surface area contributed by atoms with E-state index >= 15 is 0 Å². The molecule has 0 bridgehead atoms. The number of hydrogen-bond donors (Lipinski definition) is 0. The maximum absolute atomic E-state index is 2.61. The topological polar surface area (TPSA) is 0 Å². The average Bonchev–Trinajstić information content (AvgIpc) is 3.39. The Bertz CT molecular complexity index is 1140. The molecule has 0 aliphatic heterocycles. The van der Waals surface area contributed by atoms with Gasteiger partial charge in [0, 0.05) is 0 Å². The summed E-state index contributed by atoms with van der Waals surface area (Å²) >= 11 is -0.176. The van der Waals surface area contributed by atoms with Gasteiger partial charge in [-0.1, -0.05) is 0 Å². The van der Waals surface area contributed by atoms with Crippen molar-refractivity contribution < 1.29 is 0 Å². The van der Waals surface area contributed by atoms with Crippen molar-refractivity contribution >= 4 is 65.2 Å². The Morgan fingerprint density at radius 1 is 0.548 bits per heavy atom. The summed E-state index contributed by atoms with van der Waals surface area (Å²) < 4.78 is 3.38. The minimum atomic E-state index is -2.20. The van der Waals surface area contributed by atoms with Gasteiger partial charge in [0.25, 0.3) is 0 Å². The molecule has 0 atom stereocenters. The summed E-state index contributed by atoms with van der Waals surface area (Å²) in [7, 11) is 0. The molecule has 158 valence electrons. The first-order valence-electron chi connectivity index (χ1n) is 11.0. The van der Waals surface area contributed by atoms with Gasteiger partial charge in [-0.15, -0.1) is 0 Å². The van der Waals surface area contributed by atoms with E-state index in [1.54, 1.807) is 15.5 Å². The van der Waals surface area contributed by atoms with E-state index in [1.807, 2.05) is 0 Å². The zero-order valence-electron chi connectivity index (χ0n) is 19.2. The van der Waals surface area contributed by atoms with Gasteiger partial charge in [-0.3, -0.25) is 0 Å². The second-order valence-corrected chi connectivity index (χ2v) is 43.6. The van der Waals surface area contributed by atoms with Gasteiger partial charge in [-0.05, 0) is 0 Å². The van der Waals surface area contributed by atoms with E-state index in [0.29, 0.717) is 0 Å². The third-order valence-corrected chi connectivity index (χ3v) is 27.7. The fraction of sp³-hybridized carbons (Fsp3) is 0.259. The minimum absolute atomic E-state index is 0.190. The predicted molar refractivity (Wildman–Crippen MR) is 145 cm³/mol. The Kier molecular flexibility index (Phi) is 5.56. The standard InChI is InChI=1S/C21H12S2.6CH3.2Sn/c1-3-7-15(8-4-1)21(16-9-5-2-6-10-16)17-11-13-22-19(17)20-18(21)12-14-23-20;;;;;;;;/h1-12H;6*1H3;;. The fourth-order valence-electron chi connectivity index (χ4n) is 4.73. The van der Waals surface area contributed by atoms with E-state index in [0.717, 1.165) is 0 Å². The van der Waals surface area contributed by atoms with E-state index in [2.05, 4.69) is 125 Å². The first-order chi connectivity index (χ1) is 14.6. The van der Waals surface area contributed by atoms with Crippen LogP contribution < -0.4 is 5.79 Å². The van der Waals surface area contributed by atoms with Crippen LogP contribution in [0, 0.1) is 0 Å². The van der Waals surface area contributed by atoms with Crippen molar-refractivity contribution in [1.82, 2.24) is 0 Å². The molecule has 0 unspecified atom stereocenters. The van der Waals surface area contributed by atoms with Crippen LogP contribution >= 0.6 is 22.7 Å². The Hall–Kier alpha value is -0.563. The summed E-state index contributed by atoms with van der Waals surface area (Å²) in [6.45, 7) is 0. The molecule has 1 aliphatic rings. The average molecular weight is 656 g/mol. The molecular formula is C27H30S2Sn2. The van der Waals surface area contributed by atoms with Crippen molar-refractivity contribution in [2.45, 2.75) is 35.1 Å². The van der Waals surface area contributed by atoms with Crippen LogP contribution in [0.15, 0.2) is 72.8 Å². The van der Waals surface area contributed by atoms with Gasteiger partial charge >= 0.3 is 205 Å². The normalized spacial score (nSPS) is 15.0. The maximum atomic E-state index is 2.61. The van der Waals surface area contributed by atoms with Gasteiger partial charge in [0.15, 0.2) is 0 Å². The molecule has 0 saturated carbocycles. The first kappa shape index (κ1) is 22.2. The fourth-order valence-corrected chi connectivity index (χ4v) is 17.7. The van der Waals surface area contributed by atoms with E-state index in [-0.39, 0.29) is 5.41 Å². The zero-order chi connectivity index (χ0) is 22.0. The SMILES string of the molecule is [CH3][Sn]([CH3])([CH3])[c]1cc2c(s1)-c1s[c]([Sn]([CH3])([CH3])[CH3])cc1C2(c1ccccc1)c1ccccc1. The van der Waals surface area contributed by atoms with Crippen molar-refractivity contribution in [3.8, 4) is 9.75 Å². The molecule has 5 rings (SSSR count). The molecule has 0 nitrogen and oxygen atoms in total. The van der Waals surface area contributed by atoms with Crippen molar-refractivity contribution in [2.24, 2.45) is 0 Å². The Labute approximate surface area is 203 Å². The molecular weight excluding hydrogens is 626 g/mol. The molecule has 4 heteroatoms. The van der Waals surface area contributed by atoms with Crippen LogP contribution in [0.5, 0.6) is 0 Å². The van der Waals surface area contributed by atoms with E-state index in [4.69, 9.17) is 0 Å². The number of hydrogen-bond acceptors (Lipinski definition) is 2. The molecule has 2 aromatic carbocycles. The Morgan fingerprint density at radius 2 is 0.903 bits per heavy atom. The number of thiophene rings is 2. The van der Waals surface area contributed by atoms with E-state index < -0.39 is 36.8 Å². The molecule has 0 amide bonds. The molecule has 31 heavy (non-hydrogen) atoms. The summed E-state index contributed by atoms with van der Waals surface area (Å²) in [5.74, 6) is 0. The number of fused-ring (bicyclic) bond motifs is 3. The van der Waals surface area contributed by atoms with E-state index in [9.17, 15) is 0 Å². The van der Waals surface area contributed by atoms with Gasteiger partial charge in [0.1, 0.15) is 0 Å². The second-order valence-electron chi connectivity index (χ2n) is 10.7. The van der Waals surface area contributed by atoms with Crippen LogP contribution in [-0.4, -0.2) is 36.8 Å². The molecule has 0 saturated heterocycles. The monoisotopic (exact) mass is 658 g/mol. The summed E-state index contributed by atoms with van der Waals surface area (Å²) in [5.41, 5.74) is 5.69. The van der Waals surface area contributed by atoms with E-state index in [1.165, 1.54) is 22.3 Å². The predicted octanol–water partition coefficient (Wildman–Crippen LogP) is 7.26.